The van der Waals surface area contributed by atoms with E-state index in [2.05, 4.69) is 15.3 Å². The summed E-state index contributed by atoms with van der Waals surface area (Å²) in [6.45, 7) is 8.52. The Bertz CT molecular complexity index is 610. The number of nitrogens with one attached hydrogen (secondary N) is 1. The van der Waals surface area contributed by atoms with Gasteiger partial charge in [0.2, 0.25) is 5.88 Å². The highest BCUT2D eigenvalue weighted by Gasteiger charge is 2.16. The number of rotatable bonds is 6. The molecule has 1 unspecified atom stereocenters. The molecule has 0 saturated carbocycles. The third-order valence-electron chi connectivity index (χ3n) is 3.19. The monoisotopic (exact) mass is 290 g/mol. The number of nitrogens with zero attached hydrogens (tertiary/aromatic N) is 2. The van der Waals surface area contributed by atoms with Gasteiger partial charge in [0.25, 0.3) is 0 Å². The molecule has 0 saturated heterocycles. The highest BCUT2D eigenvalue weighted by Crippen LogP contribution is 2.29. The zero-order chi connectivity index (χ0) is 15.4. The minimum absolute atomic E-state index is 0.0266. The average Bonchev–Trinajstić information content (AvgIpc) is 2.79. The van der Waals surface area contributed by atoms with Crippen LogP contribution in [0.3, 0.4) is 0 Å². The molecule has 0 aliphatic carbocycles. The summed E-state index contributed by atoms with van der Waals surface area (Å²) in [6.07, 6.45) is 2.35. The molecule has 3 N–H and O–H groups in total. The number of nitrogen functional groups attached to an aromatic ring is 1. The van der Waals surface area contributed by atoms with Gasteiger partial charge in [0.15, 0.2) is 5.82 Å². The number of anilines is 2. The summed E-state index contributed by atoms with van der Waals surface area (Å²) in [7, 11) is 0. The number of hydrogen-bond acceptors (Lipinski definition) is 6. The van der Waals surface area contributed by atoms with Crippen molar-refractivity contribution in [2.75, 3.05) is 17.7 Å². The largest absolute Gasteiger partial charge is 0.476 e. The average molecular weight is 290 g/mol. The molecule has 0 radical (unpaired) electrons. The predicted molar refractivity (Wildman–Crippen MR) is 82.5 cm³/mol. The molecule has 0 spiro atoms. The number of hydrogen-bond donors (Lipinski definition) is 2. The number of aryl methyl sites for hydroxylation is 2. The van der Waals surface area contributed by atoms with Gasteiger partial charge in [-0.1, -0.05) is 6.92 Å². The summed E-state index contributed by atoms with van der Waals surface area (Å²) in [5.41, 5.74) is 7.57. The summed E-state index contributed by atoms with van der Waals surface area (Å²) >= 11 is 0. The van der Waals surface area contributed by atoms with Crippen molar-refractivity contribution in [1.29, 1.82) is 0 Å². The number of ether oxygens (including phenoxy) is 1. The first-order valence-electron chi connectivity index (χ1n) is 7.09. The minimum Gasteiger partial charge on any atom is -0.476 e. The molecule has 1 atom stereocenters. The third kappa shape index (κ3) is 3.45. The summed E-state index contributed by atoms with van der Waals surface area (Å²) in [5, 5.41) is 3.28. The van der Waals surface area contributed by atoms with E-state index in [1.807, 2.05) is 33.8 Å². The minimum atomic E-state index is 0.0266. The SMILES string of the molecule is CCCOc1ncnc(NC(C)c2cc(C)oc2C)c1N. The Balaban J connectivity index is 2.17. The van der Waals surface area contributed by atoms with Gasteiger partial charge in [-0.2, -0.15) is 4.98 Å². The van der Waals surface area contributed by atoms with Crippen LogP contribution in [0, 0.1) is 13.8 Å². The van der Waals surface area contributed by atoms with Crippen LogP contribution in [0.5, 0.6) is 5.88 Å². The van der Waals surface area contributed by atoms with Gasteiger partial charge in [-0.15, -0.1) is 0 Å². The lowest BCUT2D eigenvalue weighted by Gasteiger charge is -2.16. The van der Waals surface area contributed by atoms with Crippen LogP contribution < -0.4 is 15.8 Å². The molecule has 114 valence electrons. The van der Waals surface area contributed by atoms with Crippen LogP contribution >= 0.6 is 0 Å². The second kappa shape index (κ2) is 6.47. The quantitative estimate of drug-likeness (QED) is 0.849. The van der Waals surface area contributed by atoms with E-state index in [1.54, 1.807) is 0 Å². The van der Waals surface area contributed by atoms with Crippen LogP contribution in [0.25, 0.3) is 0 Å². The van der Waals surface area contributed by atoms with Crippen molar-refractivity contribution in [3.8, 4) is 5.88 Å². The number of furan rings is 1. The van der Waals surface area contributed by atoms with Gasteiger partial charge in [-0.3, -0.25) is 0 Å². The van der Waals surface area contributed by atoms with E-state index >= 15 is 0 Å². The fraction of sp³-hybridized carbons (Fsp3) is 0.467. The van der Waals surface area contributed by atoms with E-state index in [0.29, 0.717) is 24.0 Å². The smallest absolute Gasteiger partial charge is 0.242 e. The van der Waals surface area contributed by atoms with Gasteiger partial charge in [-0.25, -0.2) is 4.98 Å². The molecule has 2 aromatic heterocycles. The van der Waals surface area contributed by atoms with Crippen molar-refractivity contribution in [2.45, 2.75) is 40.2 Å². The van der Waals surface area contributed by atoms with Crippen LogP contribution in [0.4, 0.5) is 11.5 Å². The van der Waals surface area contributed by atoms with Crippen molar-refractivity contribution < 1.29 is 9.15 Å². The lowest BCUT2D eigenvalue weighted by molar-refractivity contribution is 0.306. The van der Waals surface area contributed by atoms with Gasteiger partial charge in [0.05, 0.1) is 12.6 Å². The topological polar surface area (TPSA) is 86.2 Å². The van der Waals surface area contributed by atoms with Crippen LogP contribution in [-0.2, 0) is 0 Å². The van der Waals surface area contributed by atoms with E-state index in [1.165, 1.54) is 6.33 Å². The molecule has 0 aliphatic rings. The van der Waals surface area contributed by atoms with Crippen molar-refractivity contribution in [2.24, 2.45) is 0 Å². The molecular formula is C15H22N4O2. The molecule has 2 aromatic rings. The van der Waals surface area contributed by atoms with E-state index in [-0.39, 0.29) is 6.04 Å². The van der Waals surface area contributed by atoms with Crippen LogP contribution in [0.15, 0.2) is 16.8 Å². The Morgan fingerprint density at radius 1 is 1.38 bits per heavy atom. The molecule has 0 aromatic carbocycles. The third-order valence-corrected chi connectivity index (χ3v) is 3.19. The normalized spacial score (nSPS) is 12.2. The second-order valence-electron chi connectivity index (χ2n) is 5.02. The van der Waals surface area contributed by atoms with Crippen molar-refractivity contribution in [1.82, 2.24) is 9.97 Å². The molecule has 0 fully saturated rings. The molecule has 6 nitrogen and oxygen atoms in total. The molecule has 0 bridgehead atoms. The van der Waals surface area contributed by atoms with Crippen molar-refractivity contribution in [3.63, 3.8) is 0 Å². The lowest BCUT2D eigenvalue weighted by atomic mass is 10.1. The Labute approximate surface area is 124 Å². The molecular weight excluding hydrogens is 268 g/mol. The fourth-order valence-electron chi connectivity index (χ4n) is 2.17. The maximum atomic E-state index is 6.06. The predicted octanol–water partition coefficient (Wildman–Crippen LogP) is 3.23. The Morgan fingerprint density at radius 3 is 2.76 bits per heavy atom. The fourth-order valence-corrected chi connectivity index (χ4v) is 2.17. The first-order valence-corrected chi connectivity index (χ1v) is 7.09. The van der Waals surface area contributed by atoms with Gasteiger partial charge < -0.3 is 20.2 Å². The molecule has 0 aliphatic heterocycles. The summed E-state index contributed by atoms with van der Waals surface area (Å²) in [6, 6.07) is 2.04. The Hall–Kier alpha value is -2.24. The first kappa shape index (κ1) is 15.2. The highest BCUT2D eigenvalue weighted by atomic mass is 16.5. The number of aromatic nitrogens is 2. The van der Waals surface area contributed by atoms with Crippen LogP contribution in [-0.4, -0.2) is 16.6 Å². The molecule has 2 heterocycles. The van der Waals surface area contributed by atoms with Crippen LogP contribution in [0.1, 0.15) is 43.4 Å². The zero-order valence-corrected chi connectivity index (χ0v) is 12.9. The van der Waals surface area contributed by atoms with Gasteiger partial charge >= 0.3 is 0 Å². The maximum Gasteiger partial charge on any atom is 0.242 e. The van der Waals surface area contributed by atoms with Gasteiger partial charge in [0.1, 0.15) is 23.5 Å². The van der Waals surface area contributed by atoms with E-state index in [0.717, 1.165) is 23.5 Å². The molecule has 0 amide bonds. The van der Waals surface area contributed by atoms with Gasteiger partial charge in [0, 0.05) is 5.56 Å². The summed E-state index contributed by atoms with van der Waals surface area (Å²) in [4.78, 5) is 8.25. The molecule has 21 heavy (non-hydrogen) atoms. The Kier molecular flexibility index (Phi) is 4.67. The zero-order valence-electron chi connectivity index (χ0n) is 12.9. The van der Waals surface area contributed by atoms with Gasteiger partial charge in [-0.05, 0) is 33.3 Å². The van der Waals surface area contributed by atoms with E-state index < -0.39 is 0 Å². The molecule has 6 heteroatoms. The summed E-state index contributed by atoms with van der Waals surface area (Å²) < 4.78 is 11.1. The first-order chi connectivity index (χ1) is 10.0. The van der Waals surface area contributed by atoms with E-state index in [9.17, 15) is 0 Å². The molecule has 2 rings (SSSR count). The highest BCUT2D eigenvalue weighted by molar-refractivity contribution is 5.67. The van der Waals surface area contributed by atoms with Crippen molar-refractivity contribution >= 4 is 11.5 Å². The standard InChI is InChI=1S/C15H22N4O2/c1-5-6-20-15-13(16)14(17-8-18-15)19-10(3)12-7-9(2)21-11(12)4/h7-8,10H,5-6,16H2,1-4H3,(H,17,18,19). The lowest BCUT2D eigenvalue weighted by Crippen LogP contribution is -2.12. The second-order valence-corrected chi connectivity index (χ2v) is 5.02. The number of nitrogens with two attached hydrogens (primary N) is 1. The Morgan fingerprint density at radius 2 is 2.14 bits per heavy atom. The summed E-state index contributed by atoms with van der Waals surface area (Å²) in [5.74, 6) is 2.77. The maximum absolute atomic E-state index is 6.06. The van der Waals surface area contributed by atoms with Crippen LogP contribution in [0.2, 0.25) is 0 Å². The van der Waals surface area contributed by atoms with E-state index in [4.69, 9.17) is 14.9 Å². The van der Waals surface area contributed by atoms with Crippen molar-refractivity contribution in [3.05, 3.63) is 29.5 Å².